The van der Waals surface area contributed by atoms with Gasteiger partial charge < -0.3 is 14.7 Å². The highest BCUT2D eigenvalue weighted by Crippen LogP contribution is 2.30. The average molecular weight is 492 g/mol. The van der Waals surface area contributed by atoms with Crippen molar-refractivity contribution >= 4 is 40.2 Å². The summed E-state index contributed by atoms with van der Waals surface area (Å²) in [5.74, 6) is 0.654. The van der Waals surface area contributed by atoms with Gasteiger partial charge in [0.05, 0.1) is 22.3 Å². The maximum atomic E-state index is 13.2. The van der Waals surface area contributed by atoms with Crippen molar-refractivity contribution in [2.24, 2.45) is 5.92 Å². The molecule has 2 aromatic rings. The van der Waals surface area contributed by atoms with Crippen LogP contribution in [0.2, 0.25) is 0 Å². The molecule has 0 saturated heterocycles. The molecule has 1 aromatic carbocycles. The Bertz CT molecular complexity index is 909. The van der Waals surface area contributed by atoms with Crippen LogP contribution in [0.5, 0.6) is 5.75 Å². The van der Waals surface area contributed by atoms with Crippen LogP contribution in [-0.4, -0.2) is 51.4 Å². The van der Waals surface area contributed by atoms with Gasteiger partial charge in [-0.3, -0.25) is 10.1 Å². The smallest absolute Gasteiger partial charge is 0.323 e. The molecular weight excluding hydrogens is 458 g/mol. The Balaban J connectivity index is 1.63. The summed E-state index contributed by atoms with van der Waals surface area (Å²) in [7, 11) is 0. The van der Waals surface area contributed by atoms with E-state index in [2.05, 4.69) is 29.4 Å². The summed E-state index contributed by atoms with van der Waals surface area (Å²) < 4.78 is 6.50. The number of urea groups is 1. The molecule has 1 fully saturated rings. The molecule has 7 nitrogen and oxygen atoms in total. The lowest BCUT2D eigenvalue weighted by Gasteiger charge is -2.36. The molecule has 2 N–H and O–H groups in total. The number of benzene rings is 1. The standard InChI is InChI=1S/C24H33N3O4S2/c1-16(2)31-20-10-6-18(7-11-20)12-13-27(19-8-4-17(3)5-9-19)24(30)26-23-25-14-22(33-23)32-15-21(28)29/h6-7,10-11,14,16-17,19H,4-5,8-9,12-13,15H2,1-3H3,(H,28,29)(H,25,26,30)/t17-,19-. The Morgan fingerprint density at radius 3 is 2.58 bits per heavy atom. The lowest BCUT2D eigenvalue weighted by Crippen LogP contribution is -2.45. The van der Waals surface area contributed by atoms with Crippen molar-refractivity contribution in [3.8, 4) is 5.75 Å². The van der Waals surface area contributed by atoms with Gasteiger partial charge in [0.15, 0.2) is 5.13 Å². The molecule has 0 aliphatic heterocycles. The summed E-state index contributed by atoms with van der Waals surface area (Å²) in [6.45, 7) is 6.91. The highest BCUT2D eigenvalue weighted by atomic mass is 32.2. The first-order chi connectivity index (χ1) is 15.8. The monoisotopic (exact) mass is 491 g/mol. The van der Waals surface area contributed by atoms with Crippen LogP contribution < -0.4 is 10.1 Å². The Morgan fingerprint density at radius 2 is 1.94 bits per heavy atom. The van der Waals surface area contributed by atoms with Gasteiger partial charge >= 0.3 is 12.0 Å². The van der Waals surface area contributed by atoms with Gasteiger partial charge in [0.2, 0.25) is 0 Å². The molecule has 1 heterocycles. The SMILES string of the molecule is CC(C)Oc1ccc(CCN(C(=O)Nc2ncc(SCC(=O)O)s2)[C@H]2CC[C@H](C)CC2)cc1. The highest BCUT2D eigenvalue weighted by Gasteiger charge is 2.28. The zero-order valence-electron chi connectivity index (χ0n) is 19.5. The Kier molecular flexibility index (Phi) is 9.43. The maximum absolute atomic E-state index is 13.2. The van der Waals surface area contributed by atoms with E-state index in [1.807, 2.05) is 30.9 Å². The lowest BCUT2D eigenvalue weighted by molar-refractivity contribution is -0.133. The van der Waals surface area contributed by atoms with E-state index in [0.29, 0.717) is 17.6 Å². The van der Waals surface area contributed by atoms with E-state index in [-0.39, 0.29) is 23.9 Å². The number of carbonyl (C=O) groups is 2. The number of anilines is 1. The fourth-order valence-electron chi connectivity index (χ4n) is 3.94. The van der Waals surface area contributed by atoms with E-state index in [4.69, 9.17) is 9.84 Å². The molecule has 0 atom stereocenters. The van der Waals surface area contributed by atoms with Crippen molar-refractivity contribution in [1.29, 1.82) is 0 Å². The van der Waals surface area contributed by atoms with Crippen LogP contribution in [0.4, 0.5) is 9.93 Å². The number of carboxylic acids is 1. The van der Waals surface area contributed by atoms with E-state index in [9.17, 15) is 9.59 Å². The van der Waals surface area contributed by atoms with Crippen molar-refractivity contribution in [1.82, 2.24) is 9.88 Å². The van der Waals surface area contributed by atoms with Crippen LogP contribution in [0.3, 0.4) is 0 Å². The van der Waals surface area contributed by atoms with E-state index in [1.165, 1.54) is 23.1 Å². The molecule has 33 heavy (non-hydrogen) atoms. The van der Waals surface area contributed by atoms with E-state index in [0.717, 1.165) is 47.6 Å². The van der Waals surface area contributed by atoms with E-state index >= 15 is 0 Å². The number of aromatic nitrogens is 1. The predicted molar refractivity (Wildman–Crippen MR) is 134 cm³/mol. The van der Waals surface area contributed by atoms with E-state index in [1.54, 1.807) is 6.20 Å². The molecule has 2 amide bonds. The summed E-state index contributed by atoms with van der Waals surface area (Å²) in [6, 6.07) is 8.15. The number of ether oxygens (including phenoxy) is 1. The van der Waals surface area contributed by atoms with Crippen LogP contribution in [0, 0.1) is 5.92 Å². The summed E-state index contributed by atoms with van der Waals surface area (Å²) in [5.41, 5.74) is 1.16. The van der Waals surface area contributed by atoms with Gasteiger partial charge in [-0.15, -0.1) is 11.8 Å². The van der Waals surface area contributed by atoms with Crippen molar-refractivity contribution < 1.29 is 19.4 Å². The molecule has 1 aliphatic carbocycles. The molecule has 9 heteroatoms. The predicted octanol–water partition coefficient (Wildman–Crippen LogP) is 5.76. The topological polar surface area (TPSA) is 91.8 Å². The molecule has 0 spiro atoms. The molecule has 1 aliphatic rings. The summed E-state index contributed by atoms with van der Waals surface area (Å²) >= 11 is 2.51. The Hall–Kier alpha value is -2.26. The molecule has 0 bridgehead atoms. The minimum absolute atomic E-state index is 0.0248. The highest BCUT2D eigenvalue weighted by molar-refractivity contribution is 8.01. The zero-order valence-corrected chi connectivity index (χ0v) is 21.1. The molecular formula is C24H33N3O4S2. The molecule has 180 valence electrons. The van der Waals surface area contributed by atoms with Gasteiger partial charge in [0, 0.05) is 12.6 Å². The molecule has 0 radical (unpaired) electrons. The second kappa shape index (κ2) is 12.3. The summed E-state index contributed by atoms with van der Waals surface area (Å²) in [5, 5.41) is 12.3. The number of nitrogens with one attached hydrogen (secondary N) is 1. The number of amides is 2. The van der Waals surface area contributed by atoms with Gasteiger partial charge in [0.1, 0.15) is 5.75 Å². The number of thioether (sulfide) groups is 1. The number of hydrogen-bond acceptors (Lipinski definition) is 6. The summed E-state index contributed by atoms with van der Waals surface area (Å²) in [6.07, 6.45) is 6.78. The van der Waals surface area contributed by atoms with Crippen LogP contribution >= 0.6 is 23.1 Å². The largest absolute Gasteiger partial charge is 0.491 e. The second-order valence-corrected chi connectivity index (χ2v) is 11.1. The van der Waals surface area contributed by atoms with Crippen molar-refractivity contribution in [2.75, 3.05) is 17.6 Å². The van der Waals surface area contributed by atoms with Crippen LogP contribution in [0.25, 0.3) is 0 Å². The third-order valence-corrected chi connectivity index (χ3v) is 7.75. The Labute approximate surface area is 203 Å². The number of rotatable bonds is 10. The molecule has 3 rings (SSSR count). The van der Waals surface area contributed by atoms with Gasteiger partial charge in [-0.1, -0.05) is 30.4 Å². The number of carbonyl (C=O) groups excluding carboxylic acids is 1. The first-order valence-corrected chi connectivity index (χ1v) is 13.2. The van der Waals surface area contributed by atoms with Crippen molar-refractivity contribution in [3.05, 3.63) is 36.0 Å². The first-order valence-electron chi connectivity index (χ1n) is 11.4. The number of aliphatic carboxylic acids is 1. The second-order valence-electron chi connectivity index (χ2n) is 8.76. The number of nitrogens with zero attached hydrogens (tertiary/aromatic N) is 2. The van der Waals surface area contributed by atoms with Crippen molar-refractivity contribution in [3.63, 3.8) is 0 Å². The normalized spacial score (nSPS) is 18.2. The maximum Gasteiger partial charge on any atom is 0.323 e. The van der Waals surface area contributed by atoms with Crippen LogP contribution in [0.15, 0.2) is 34.7 Å². The molecule has 1 aromatic heterocycles. The van der Waals surface area contributed by atoms with Gasteiger partial charge in [0.25, 0.3) is 0 Å². The fourth-order valence-corrected chi connectivity index (χ4v) is 5.52. The van der Waals surface area contributed by atoms with Gasteiger partial charge in [-0.2, -0.15) is 0 Å². The number of hydrogen-bond donors (Lipinski definition) is 2. The fraction of sp³-hybridized carbons (Fsp3) is 0.542. The van der Waals surface area contributed by atoms with Gasteiger partial charge in [-0.25, -0.2) is 9.78 Å². The lowest BCUT2D eigenvalue weighted by atomic mass is 9.86. The Morgan fingerprint density at radius 1 is 1.24 bits per heavy atom. The number of thiazole rings is 1. The van der Waals surface area contributed by atoms with E-state index < -0.39 is 5.97 Å². The van der Waals surface area contributed by atoms with Crippen LogP contribution in [-0.2, 0) is 11.2 Å². The molecule has 1 saturated carbocycles. The quantitative estimate of drug-likeness (QED) is 0.411. The first kappa shape index (κ1) is 25.4. The van der Waals surface area contributed by atoms with Gasteiger partial charge in [-0.05, 0) is 69.6 Å². The van der Waals surface area contributed by atoms with Crippen molar-refractivity contribution in [2.45, 2.75) is 69.2 Å². The third kappa shape index (κ3) is 8.23. The summed E-state index contributed by atoms with van der Waals surface area (Å²) in [4.78, 5) is 30.2. The number of carboxylic acid groups (broad SMARTS) is 1. The molecule has 0 unspecified atom stereocenters. The van der Waals surface area contributed by atoms with Crippen LogP contribution in [0.1, 0.15) is 52.0 Å². The third-order valence-electron chi connectivity index (χ3n) is 5.66. The average Bonchev–Trinajstić information content (AvgIpc) is 3.21. The minimum Gasteiger partial charge on any atom is -0.491 e. The zero-order chi connectivity index (χ0) is 23.8. The minimum atomic E-state index is -0.875.